The second kappa shape index (κ2) is 5.74. The monoisotopic (exact) mass is 307 g/mol. The van der Waals surface area contributed by atoms with Crippen molar-refractivity contribution in [2.45, 2.75) is 31.4 Å². The summed E-state index contributed by atoms with van der Waals surface area (Å²) in [5.41, 5.74) is -1.20. The van der Waals surface area contributed by atoms with Crippen LogP contribution in [0.2, 0.25) is 0 Å². The highest BCUT2D eigenvalue weighted by Gasteiger charge is 2.45. The van der Waals surface area contributed by atoms with E-state index in [1.54, 1.807) is 20.4 Å². The van der Waals surface area contributed by atoms with Gasteiger partial charge in [-0.15, -0.1) is 0 Å². The second-order valence-electron chi connectivity index (χ2n) is 6.26. The molecule has 2 aliphatic heterocycles. The first-order valence-corrected chi connectivity index (χ1v) is 7.90. The molecule has 3 rings (SSSR count). The van der Waals surface area contributed by atoms with Crippen LogP contribution in [-0.4, -0.2) is 58.0 Å². The molecule has 0 aliphatic carbocycles. The second-order valence-corrected chi connectivity index (χ2v) is 6.26. The number of piperidine rings is 1. The van der Waals surface area contributed by atoms with Crippen molar-refractivity contribution in [1.29, 1.82) is 0 Å². The van der Waals surface area contributed by atoms with E-state index >= 15 is 0 Å². The molecular formula is C16H22FN3O2. The molecule has 0 atom stereocenters. The Morgan fingerprint density at radius 3 is 2.27 bits per heavy atom. The average Bonchev–Trinajstić information content (AvgIpc) is 3.18. The topological polar surface area (TPSA) is 45.6 Å². The van der Waals surface area contributed by atoms with Crippen LogP contribution >= 0.6 is 0 Å². The Labute approximate surface area is 129 Å². The Morgan fingerprint density at radius 2 is 1.73 bits per heavy atom. The fourth-order valence-electron chi connectivity index (χ4n) is 3.33. The van der Waals surface area contributed by atoms with Crippen molar-refractivity contribution in [1.82, 2.24) is 14.4 Å². The molecule has 0 bridgehead atoms. The minimum absolute atomic E-state index is 0.0943. The van der Waals surface area contributed by atoms with Crippen molar-refractivity contribution in [3.05, 3.63) is 24.0 Å². The van der Waals surface area contributed by atoms with Crippen LogP contribution in [0.15, 0.2) is 18.3 Å². The summed E-state index contributed by atoms with van der Waals surface area (Å²) in [5, 5.41) is 0. The summed E-state index contributed by atoms with van der Waals surface area (Å²) in [6, 6.07) is 3.57. The van der Waals surface area contributed by atoms with Crippen molar-refractivity contribution in [3.63, 3.8) is 0 Å². The highest BCUT2D eigenvalue weighted by atomic mass is 19.1. The van der Waals surface area contributed by atoms with Crippen molar-refractivity contribution >= 4 is 11.8 Å². The van der Waals surface area contributed by atoms with E-state index in [1.807, 2.05) is 19.3 Å². The third-order valence-electron chi connectivity index (χ3n) is 4.78. The van der Waals surface area contributed by atoms with Gasteiger partial charge in [-0.3, -0.25) is 9.59 Å². The van der Waals surface area contributed by atoms with Crippen LogP contribution in [0.5, 0.6) is 0 Å². The normalized spacial score (nSPS) is 21.2. The minimum atomic E-state index is -1.80. The molecule has 2 fully saturated rings. The maximum Gasteiger partial charge on any atom is 0.270 e. The Balaban J connectivity index is 1.63. The molecule has 0 aromatic carbocycles. The molecule has 2 aliphatic rings. The number of aryl methyl sites for hydroxylation is 1. The van der Waals surface area contributed by atoms with Crippen LogP contribution in [0.25, 0.3) is 0 Å². The number of likely N-dealkylation sites (tertiary alicyclic amines) is 2. The van der Waals surface area contributed by atoms with Crippen LogP contribution in [0, 0.1) is 0 Å². The van der Waals surface area contributed by atoms with Crippen LogP contribution in [0.3, 0.4) is 0 Å². The molecule has 22 heavy (non-hydrogen) atoms. The van der Waals surface area contributed by atoms with E-state index in [4.69, 9.17) is 0 Å². The fourth-order valence-corrected chi connectivity index (χ4v) is 3.33. The summed E-state index contributed by atoms with van der Waals surface area (Å²) in [6.07, 6.45) is 3.92. The van der Waals surface area contributed by atoms with Crippen molar-refractivity contribution in [2.24, 2.45) is 7.05 Å². The summed E-state index contributed by atoms with van der Waals surface area (Å²) in [6.45, 7) is 1.91. The van der Waals surface area contributed by atoms with E-state index in [0.29, 0.717) is 31.9 Å². The number of nitrogens with zero attached hydrogens (tertiary/aromatic N) is 3. The van der Waals surface area contributed by atoms with Crippen molar-refractivity contribution in [3.8, 4) is 0 Å². The van der Waals surface area contributed by atoms with Crippen LogP contribution in [0.1, 0.15) is 36.2 Å². The van der Waals surface area contributed by atoms with Gasteiger partial charge in [-0.2, -0.15) is 0 Å². The van der Waals surface area contributed by atoms with Gasteiger partial charge in [0.15, 0.2) is 5.67 Å². The average molecular weight is 307 g/mol. The molecule has 1 aromatic heterocycles. The van der Waals surface area contributed by atoms with Gasteiger partial charge in [-0.25, -0.2) is 4.39 Å². The largest absolute Gasteiger partial charge is 0.347 e. The maximum absolute atomic E-state index is 14.9. The standard InChI is InChI=1S/C16H22FN3O2/c1-18-8-4-5-13(18)14(21)19-11-6-16(17,7-12-19)15(22)20-9-2-3-10-20/h4-5,8H,2-3,6-7,9-12H2,1H3. The van der Waals surface area contributed by atoms with E-state index in [9.17, 15) is 14.0 Å². The van der Waals surface area contributed by atoms with Crippen LogP contribution in [-0.2, 0) is 11.8 Å². The highest BCUT2D eigenvalue weighted by Crippen LogP contribution is 2.30. The van der Waals surface area contributed by atoms with E-state index in [2.05, 4.69) is 0 Å². The van der Waals surface area contributed by atoms with Gasteiger partial charge in [0.1, 0.15) is 5.69 Å². The van der Waals surface area contributed by atoms with Crippen molar-refractivity contribution in [2.75, 3.05) is 26.2 Å². The number of rotatable bonds is 2. The SMILES string of the molecule is Cn1cccc1C(=O)N1CCC(F)(C(=O)N2CCCC2)CC1. The quantitative estimate of drug-likeness (QED) is 0.833. The molecule has 0 unspecified atom stereocenters. The maximum atomic E-state index is 14.9. The smallest absolute Gasteiger partial charge is 0.270 e. The molecule has 2 saturated heterocycles. The Kier molecular flexibility index (Phi) is 3.93. The lowest BCUT2D eigenvalue weighted by molar-refractivity contribution is -0.145. The minimum Gasteiger partial charge on any atom is -0.347 e. The zero-order valence-corrected chi connectivity index (χ0v) is 12.9. The molecule has 0 spiro atoms. The van der Waals surface area contributed by atoms with Crippen LogP contribution in [0.4, 0.5) is 4.39 Å². The van der Waals surface area contributed by atoms with E-state index in [1.165, 1.54) is 0 Å². The predicted molar refractivity (Wildman–Crippen MR) is 80.2 cm³/mol. The van der Waals surface area contributed by atoms with Gasteiger partial charge >= 0.3 is 0 Å². The fraction of sp³-hybridized carbons (Fsp3) is 0.625. The molecule has 5 nitrogen and oxygen atoms in total. The van der Waals surface area contributed by atoms with E-state index < -0.39 is 5.67 Å². The van der Waals surface area contributed by atoms with Gasteiger partial charge in [-0.05, 0) is 25.0 Å². The summed E-state index contributed by atoms with van der Waals surface area (Å²) >= 11 is 0. The molecule has 0 saturated carbocycles. The van der Waals surface area contributed by atoms with Gasteiger partial charge in [0, 0.05) is 52.3 Å². The number of carbonyl (C=O) groups is 2. The first-order valence-electron chi connectivity index (χ1n) is 7.90. The predicted octanol–water partition coefficient (Wildman–Crippen LogP) is 1.59. The molecule has 120 valence electrons. The lowest BCUT2D eigenvalue weighted by atomic mass is 9.91. The number of hydrogen-bond donors (Lipinski definition) is 0. The summed E-state index contributed by atoms with van der Waals surface area (Å²) < 4.78 is 16.7. The molecule has 6 heteroatoms. The third kappa shape index (κ3) is 2.62. The van der Waals surface area contributed by atoms with Gasteiger partial charge in [-0.1, -0.05) is 0 Å². The zero-order chi connectivity index (χ0) is 15.7. The Morgan fingerprint density at radius 1 is 1.09 bits per heavy atom. The number of halogens is 1. The molecule has 2 amide bonds. The first-order chi connectivity index (χ1) is 10.5. The van der Waals surface area contributed by atoms with Crippen molar-refractivity contribution < 1.29 is 14.0 Å². The number of amides is 2. The lowest BCUT2D eigenvalue weighted by Gasteiger charge is -2.37. The molecule has 0 radical (unpaired) electrons. The van der Waals surface area contributed by atoms with Gasteiger partial charge < -0.3 is 14.4 Å². The van der Waals surface area contributed by atoms with E-state index in [0.717, 1.165) is 12.8 Å². The third-order valence-corrected chi connectivity index (χ3v) is 4.78. The molecule has 1 aromatic rings. The van der Waals surface area contributed by atoms with E-state index in [-0.39, 0.29) is 24.7 Å². The number of aromatic nitrogens is 1. The lowest BCUT2D eigenvalue weighted by Crippen LogP contribution is -2.53. The number of alkyl halides is 1. The molecular weight excluding hydrogens is 285 g/mol. The van der Waals surface area contributed by atoms with Gasteiger partial charge in [0.25, 0.3) is 11.8 Å². The first kappa shape index (κ1) is 15.1. The highest BCUT2D eigenvalue weighted by molar-refractivity contribution is 5.93. The van der Waals surface area contributed by atoms with Gasteiger partial charge in [0.2, 0.25) is 0 Å². The summed E-state index contributed by atoms with van der Waals surface area (Å²) in [7, 11) is 1.81. The summed E-state index contributed by atoms with van der Waals surface area (Å²) in [5.74, 6) is -0.473. The Hall–Kier alpha value is -1.85. The number of hydrogen-bond acceptors (Lipinski definition) is 2. The molecule has 0 N–H and O–H groups in total. The Bertz CT molecular complexity index is 570. The zero-order valence-electron chi connectivity index (χ0n) is 12.9. The molecule has 3 heterocycles. The number of carbonyl (C=O) groups excluding carboxylic acids is 2. The van der Waals surface area contributed by atoms with Crippen LogP contribution < -0.4 is 0 Å². The summed E-state index contributed by atoms with van der Waals surface area (Å²) in [4.78, 5) is 28.0. The van der Waals surface area contributed by atoms with Gasteiger partial charge in [0.05, 0.1) is 0 Å².